The lowest BCUT2D eigenvalue weighted by Gasteiger charge is -2.32. The molecule has 0 saturated carbocycles. The van der Waals surface area contributed by atoms with Crippen molar-refractivity contribution in [1.82, 2.24) is 14.8 Å². The van der Waals surface area contributed by atoms with E-state index in [4.69, 9.17) is 33.0 Å². The van der Waals surface area contributed by atoms with Crippen LogP contribution in [-0.2, 0) is 4.79 Å². The second-order valence-electron chi connectivity index (χ2n) is 7.30. The summed E-state index contributed by atoms with van der Waals surface area (Å²) in [5, 5.41) is 9.08. The molecular formula is C22H18Cl2N4O2. The maximum Gasteiger partial charge on any atom is 0.226 e. The largest absolute Gasteiger partial charge is 0.497 e. The van der Waals surface area contributed by atoms with Crippen molar-refractivity contribution in [1.29, 1.82) is 0 Å². The number of nitrogens with one attached hydrogen (secondary N) is 1. The summed E-state index contributed by atoms with van der Waals surface area (Å²) in [7, 11) is 1.63. The van der Waals surface area contributed by atoms with Gasteiger partial charge in [-0.25, -0.2) is 4.68 Å². The van der Waals surface area contributed by atoms with Crippen molar-refractivity contribution in [3.05, 3.63) is 69.3 Å². The summed E-state index contributed by atoms with van der Waals surface area (Å²) in [6, 6.07) is 12.6. The number of aromatic nitrogens is 3. The highest BCUT2D eigenvalue weighted by atomic mass is 35.5. The van der Waals surface area contributed by atoms with Crippen molar-refractivity contribution in [2.24, 2.45) is 0 Å². The molecule has 2 heterocycles. The van der Waals surface area contributed by atoms with Crippen molar-refractivity contribution in [2.75, 3.05) is 12.4 Å². The monoisotopic (exact) mass is 440 g/mol. The standard InChI is InChI=1S/C22H18Cl2N4O2/c1-30-14-8-5-12(6-9-14)20-19-17(3-2-4-18(19)29)25-22-26-21(27-28(20)22)15-10-7-13(23)11-16(15)24/h5-11,20H,2-4H2,1H3,(H,25,26,27). The molecule has 0 spiro atoms. The summed E-state index contributed by atoms with van der Waals surface area (Å²) >= 11 is 12.4. The Morgan fingerprint density at radius 1 is 1.13 bits per heavy atom. The van der Waals surface area contributed by atoms with E-state index in [1.54, 1.807) is 30.0 Å². The molecule has 1 aliphatic carbocycles. The van der Waals surface area contributed by atoms with Gasteiger partial charge in [0.05, 0.1) is 12.1 Å². The molecule has 0 fully saturated rings. The maximum absolute atomic E-state index is 12.9. The number of ketones is 1. The molecule has 152 valence electrons. The first-order valence-corrected chi connectivity index (χ1v) is 10.4. The van der Waals surface area contributed by atoms with Gasteiger partial charge in [-0.1, -0.05) is 35.3 Å². The molecule has 1 aliphatic heterocycles. The van der Waals surface area contributed by atoms with Gasteiger partial charge in [0.25, 0.3) is 0 Å². The molecule has 1 atom stereocenters. The average molecular weight is 441 g/mol. The van der Waals surface area contributed by atoms with Gasteiger partial charge in [0.1, 0.15) is 11.8 Å². The SMILES string of the molecule is COc1ccc(C2C3=C(CCCC3=O)Nc3nc(-c4ccc(Cl)cc4Cl)nn32)cc1. The van der Waals surface area contributed by atoms with Gasteiger partial charge in [-0.05, 0) is 48.7 Å². The lowest BCUT2D eigenvalue weighted by atomic mass is 9.85. The number of fused-ring (bicyclic) bond motifs is 1. The summed E-state index contributed by atoms with van der Waals surface area (Å²) in [6.07, 6.45) is 2.16. The zero-order valence-corrected chi connectivity index (χ0v) is 17.7. The number of rotatable bonds is 3. The number of carbonyl (C=O) groups excluding carboxylic acids is 1. The Morgan fingerprint density at radius 2 is 1.93 bits per heavy atom. The van der Waals surface area contributed by atoms with Gasteiger partial charge < -0.3 is 10.1 Å². The molecule has 2 aliphatic rings. The molecule has 3 aromatic rings. The van der Waals surface area contributed by atoms with E-state index in [1.807, 2.05) is 24.3 Å². The lowest BCUT2D eigenvalue weighted by Crippen LogP contribution is -2.31. The molecule has 0 radical (unpaired) electrons. The number of hydrogen-bond acceptors (Lipinski definition) is 5. The minimum absolute atomic E-state index is 0.136. The second-order valence-corrected chi connectivity index (χ2v) is 8.14. The average Bonchev–Trinajstić information content (AvgIpc) is 3.16. The van der Waals surface area contributed by atoms with Crippen LogP contribution in [-0.4, -0.2) is 27.7 Å². The summed E-state index contributed by atoms with van der Waals surface area (Å²) in [5.74, 6) is 1.95. The molecule has 1 aromatic heterocycles. The summed E-state index contributed by atoms with van der Waals surface area (Å²) in [6.45, 7) is 0. The van der Waals surface area contributed by atoms with Crippen molar-refractivity contribution in [2.45, 2.75) is 25.3 Å². The Labute approximate surface area is 183 Å². The second kappa shape index (κ2) is 7.45. The van der Waals surface area contributed by atoms with Crippen LogP contribution in [0.2, 0.25) is 10.0 Å². The van der Waals surface area contributed by atoms with Crippen LogP contribution in [0.5, 0.6) is 5.75 Å². The molecule has 0 bridgehead atoms. The van der Waals surface area contributed by atoms with Crippen molar-refractivity contribution in [3.63, 3.8) is 0 Å². The van der Waals surface area contributed by atoms with Gasteiger partial charge in [-0.3, -0.25) is 4.79 Å². The fraction of sp³-hybridized carbons (Fsp3) is 0.227. The van der Waals surface area contributed by atoms with Gasteiger partial charge in [0.2, 0.25) is 5.95 Å². The topological polar surface area (TPSA) is 69.0 Å². The first kappa shape index (κ1) is 19.2. The molecule has 0 amide bonds. The van der Waals surface area contributed by atoms with E-state index >= 15 is 0 Å². The van der Waals surface area contributed by atoms with E-state index in [9.17, 15) is 4.79 Å². The maximum atomic E-state index is 12.9. The number of carbonyl (C=O) groups is 1. The van der Waals surface area contributed by atoms with E-state index in [-0.39, 0.29) is 11.8 Å². The highest BCUT2D eigenvalue weighted by molar-refractivity contribution is 6.36. The van der Waals surface area contributed by atoms with Crippen LogP contribution in [0.4, 0.5) is 5.95 Å². The van der Waals surface area contributed by atoms with Crippen LogP contribution in [0.3, 0.4) is 0 Å². The number of methoxy groups -OCH3 is 1. The third-order valence-electron chi connectivity index (χ3n) is 5.47. The number of anilines is 1. The first-order valence-electron chi connectivity index (χ1n) is 9.64. The minimum Gasteiger partial charge on any atom is -0.497 e. The smallest absolute Gasteiger partial charge is 0.226 e. The Bertz CT molecular complexity index is 1180. The third kappa shape index (κ3) is 3.16. The number of halogens is 2. The normalized spacial score (nSPS) is 18.0. The Kier molecular flexibility index (Phi) is 4.76. The van der Waals surface area contributed by atoms with Gasteiger partial charge >= 0.3 is 0 Å². The zero-order valence-electron chi connectivity index (χ0n) is 16.2. The van der Waals surface area contributed by atoms with E-state index in [2.05, 4.69) is 10.3 Å². The quantitative estimate of drug-likeness (QED) is 0.599. The summed E-state index contributed by atoms with van der Waals surface area (Å²) in [5.41, 5.74) is 3.29. The van der Waals surface area contributed by atoms with Crippen LogP contribution in [0.25, 0.3) is 11.4 Å². The molecular weight excluding hydrogens is 423 g/mol. The van der Waals surface area contributed by atoms with Crippen LogP contribution in [0.1, 0.15) is 30.9 Å². The Balaban J connectivity index is 1.66. The van der Waals surface area contributed by atoms with Gasteiger partial charge in [-0.15, -0.1) is 5.10 Å². The fourth-order valence-corrected chi connectivity index (χ4v) is 4.53. The zero-order chi connectivity index (χ0) is 20.8. The van der Waals surface area contributed by atoms with Gasteiger partial charge in [0, 0.05) is 28.3 Å². The predicted octanol–water partition coefficient (Wildman–Crippen LogP) is 5.28. The molecule has 0 saturated heterocycles. The van der Waals surface area contributed by atoms with Crippen LogP contribution in [0.15, 0.2) is 53.7 Å². The highest BCUT2D eigenvalue weighted by Gasteiger charge is 2.37. The highest BCUT2D eigenvalue weighted by Crippen LogP contribution is 2.41. The fourth-order valence-electron chi connectivity index (χ4n) is 4.04. The molecule has 1 N–H and O–H groups in total. The third-order valence-corrected chi connectivity index (χ3v) is 6.02. The molecule has 1 unspecified atom stereocenters. The molecule has 6 nitrogen and oxygen atoms in total. The van der Waals surface area contributed by atoms with E-state index in [0.717, 1.165) is 35.4 Å². The van der Waals surface area contributed by atoms with Gasteiger partial charge in [0.15, 0.2) is 11.6 Å². The number of hydrogen-bond donors (Lipinski definition) is 1. The Morgan fingerprint density at radius 3 is 2.67 bits per heavy atom. The van der Waals surface area contributed by atoms with Crippen molar-refractivity contribution < 1.29 is 9.53 Å². The summed E-state index contributed by atoms with van der Waals surface area (Å²) < 4.78 is 7.05. The van der Waals surface area contributed by atoms with Gasteiger partial charge in [-0.2, -0.15) is 4.98 Å². The number of Topliss-reactive ketones (excluding diaryl/α,β-unsaturated/α-hetero) is 1. The number of benzene rings is 2. The lowest BCUT2D eigenvalue weighted by molar-refractivity contribution is -0.116. The number of allylic oxidation sites excluding steroid dienone is 2. The molecule has 2 aromatic carbocycles. The minimum atomic E-state index is -0.359. The Hall–Kier alpha value is -2.83. The van der Waals surface area contributed by atoms with Crippen molar-refractivity contribution in [3.8, 4) is 17.1 Å². The number of ether oxygens (including phenoxy) is 1. The summed E-state index contributed by atoms with van der Waals surface area (Å²) in [4.78, 5) is 17.6. The first-order chi connectivity index (χ1) is 14.5. The van der Waals surface area contributed by atoms with E-state index in [0.29, 0.717) is 33.8 Å². The van der Waals surface area contributed by atoms with Crippen LogP contribution < -0.4 is 10.1 Å². The number of nitrogens with zero attached hydrogens (tertiary/aromatic N) is 3. The van der Waals surface area contributed by atoms with Crippen molar-refractivity contribution >= 4 is 34.9 Å². The molecule has 8 heteroatoms. The molecule has 30 heavy (non-hydrogen) atoms. The van der Waals surface area contributed by atoms with Crippen LogP contribution >= 0.6 is 23.2 Å². The van der Waals surface area contributed by atoms with E-state index in [1.165, 1.54) is 0 Å². The van der Waals surface area contributed by atoms with E-state index < -0.39 is 0 Å². The predicted molar refractivity (Wildman–Crippen MR) is 116 cm³/mol. The molecule has 5 rings (SSSR count). The van der Waals surface area contributed by atoms with Crippen LogP contribution in [0, 0.1) is 0 Å².